The zero-order valence-electron chi connectivity index (χ0n) is 14.9. The predicted molar refractivity (Wildman–Crippen MR) is 97.3 cm³/mol. The van der Waals surface area contributed by atoms with Crippen LogP contribution in [0.1, 0.15) is 17.4 Å². The van der Waals surface area contributed by atoms with E-state index in [-0.39, 0.29) is 30.8 Å². The van der Waals surface area contributed by atoms with E-state index in [1.807, 2.05) is 0 Å². The Hall–Kier alpha value is -3.62. The van der Waals surface area contributed by atoms with Crippen LogP contribution < -0.4 is 15.0 Å². The van der Waals surface area contributed by atoms with Crippen LogP contribution in [0.3, 0.4) is 0 Å². The molecule has 2 unspecified atom stereocenters. The third-order valence-corrected chi connectivity index (χ3v) is 4.71. The van der Waals surface area contributed by atoms with Gasteiger partial charge in [-0.1, -0.05) is 12.1 Å². The van der Waals surface area contributed by atoms with Gasteiger partial charge in [0.15, 0.2) is 0 Å². The molecule has 144 valence electrons. The van der Waals surface area contributed by atoms with Crippen molar-refractivity contribution in [3.63, 3.8) is 0 Å². The topological polar surface area (TPSA) is 118 Å². The molecule has 2 atom stereocenters. The third kappa shape index (κ3) is 3.11. The van der Waals surface area contributed by atoms with E-state index >= 15 is 0 Å². The Morgan fingerprint density at radius 1 is 1.29 bits per heavy atom. The van der Waals surface area contributed by atoms with Crippen LogP contribution in [-0.2, 0) is 9.53 Å². The van der Waals surface area contributed by atoms with Crippen molar-refractivity contribution in [1.29, 1.82) is 0 Å². The molecule has 1 saturated heterocycles. The first kappa shape index (κ1) is 17.8. The number of amides is 2. The molecule has 28 heavy (non-hydrogen) atoms. The Labute approximate surface area is 159 Å². The highest BCUT2D eigenvalue weighted by molar-refractivity contribution is 5.94. The van der Waals surface area contributed by atoms with Gasteiger partial charge in [-0.2, -0.15) is 0 Å². The molecule has 1 aromatic carbocycles. The summed E-state index contributed by atoms with van der Waals surface area (Å²) < 4.78 is 11.2. The molecule has 2 amide bonds. The number of aromatic nitrogens is 1. The normalized spacial score (nSPS) is 19.9. The number of ether oxygens (including phenoxy) is 2. The number of carboxylic acids is 1. The van der Waals surface area contributed by atoms with Crippen LogP contribution in [0.25, 0.3) is 11.1 Å². The smallest absolute Gasteiger partial charge is 0.415 e. The van der Waals surface area contributed by atoms with Crippen molar-refractivity contribution in [2.24, 2.45) is 0 Å². The monoisotopic (exact) mass is 383 g/mol. The van der Waals surface area contributed by atoms with E-state index in [9.17, 15) is 14.4 Å². The number of benzene rings is 1. The molecule has 4 rings (SSSR count). The highest BCUT2D eigenvalue weighted by Gasteiger charge is 2.46. The number of nitrogens with one attached hydrogen (secondary N) is 1. The summed E-state index contributed by atoms with van der Waals surface area (Å²) in [6.07, 6.45) is 0.506. The van der Waals surface area contributed by atoms with Gasteiger partial charge in [0.2, 0.25) is 5.91 Å². The lowest BCUT2D eigenvalue weighted by Crippen LogP contribution is -2.47. The summed E-state index contributed by atoms with van der Waals surface area (Å²) in [5.41, 5.74) is 2.06. The Bertz CT molecular complexity index is 959. The average molecular weight is 383 g/mol. The van der Waals surface area contributed by atoms with Crippen LogP contribution in [0, 0.1) is 0 Å². The molecule has 2 aromatic rings. The van der Waals surface area contributed by atoms with Gasteiger partial charge in [-0.25, -0.2) is 14.6 Å². The maximum Gasteiger partial charge on any atom is 0.415 e. The number of pyridine rings is 1. The molecule has 3 heterocycles. The summed E-state index contributed by atoms with van der Waals surface area (Å²) in [4.78, 5) is 39.9. The van der Waals surface area contributed by atoms with Crippen molar-refractivity contribution in [2.45, 2.75) is 19.1 Å². The second kappa shape index (κ2) is 6.84. The number of aromatic carboxylic acids is 1. The largest absolute Gasteiger partial charge is 0.489 e. The van der Waals surface area contributed by atoms with Gasteiger partial charge in [0.05, 0.1) is 12.2 Å². The molecule has 2 aliphatic heterocycles. The highest BCUT2D eigenvalue weighted by Crippen LogP contribution is 2.40. The van der Waals surface area contributed by atoms with Gasteiger partial charge in [-0.3, -0.25) is 9.69 Å². The van der Waals surface area contributed by atoms with Gasteiger partial charge in [0, 0.05) is 18.7 Å². The fourth-order valence-electron chi connectivity index (χ4n) is 3.32. The molecule has 0 saturated carbocycles. The van der Waals surface area contributed by atoms with Gasteiger partial charge < -0.3 is 19.9 Å². The second-order valence-corrected chi connectivity index (χ2v) is 6.53. The van der Waals surface area contributed by atoms with Crippen LogP contribution in [-0.4, -0.2) is 53.4 Å². The quantitative estimate of drug-likeness (QED) is 0.824. The zero-order chi connectivity index (χ0) is 19.8. The molecule has 0 radical (unpaired) electrons. The average Bonchev–Trinajstić information content (AvgIpc) is 3.02. The van der Waals surface area contributed by atoms with E-state index in [0.29, 0.717) is 11.4 Å². The van der Waals surface area contributed by atoms with Gasteiger partial charge >= 0.3 is 12.1 Å². The number of hydrogen-bond donors (Lipinski definition) is 2. The molecular formula is C19H17N3O6. The summed E-state index contributed by atoms with van der Waals surface area (Å²) >= 11 is 0. The Balaban J connectivity index is 1.59. The number of rotatable bonds is 4. The molecule has 0 spiro atoms. The molecule has 0 aliphatic carbocycles. The molecule has 0 bridgehead atoms. The van der Waals surface area contributed by atoms with Crippen molar-refractivity contribution in [3.05, 3.63) is 42.2 Å². The van der Waals surface area contributed by atoms with Crippen LogP contribution >= 0.6 is 0 Å². The first-order chi connectivity index (χ1) is 13.4. The SMILES string of the molecule is CC(=O)NCC1OC(=O)N2c3ccc(-c4ccc(C(=O)O)nc4)cc3OCC12. The molecular weight excluding hydrogens is 366 g/mol. The number of cyclic esters (lactones) is 1. The third-order valence-electron chi connectivity index (χ3n) is 4.71. The predicted octanol–water partition coefficient (Wildman–Crippen LogP) is 1.67. The molecule has 1 fully saturated rings. The maximum atomic E-state index is 12.4. The van der Waals surface area contributed by atoms with Crippen molar-refractivity contribution < 1.29 is 29.0 Å². The summed E-state index contributed by atoms with van der Waals surface area (Å²) in [7, 11) is 0. The highest BCUT2D eigenvalue weighted by atomic mass is 16.6. The summed E-state index contributed by atoms with van der Waals surface area (Å²) in [5.74, 6) is -0.764. The van der Waals surface area contributed by atoms with E-state index in [1.165, 1.54) is 19.2 Å². The molecule has 9 heteroatoms. The first-order valence-corrected chi connectivity index (χ1v) is 8.65. The number of carbonyl (C=O) groups is 3. The minimum absolute atomic E-state index is 0.0363. The standard InChI is InChI=1S/C19H17N3O6/c1-10(23)20-8-17-15-9-27-16-6-11(3-5-14(16)22(15)19(26)28-17)12-2-4-13(18(24)25)21-7-12/h2-7,15,17H,8-9H2,1H3,(H,20,23)(H,24,25). The van der Waals surface area contributed by atoms with Gasteiger partial charge in [0.1, 0.15) is 30.2 Å². The van der Waals surface area contributed by atoms with Gasteiger partial charge in [-0.15, -0.1) is 0 Å². The minimum atomic E-state index is -1.09. The van der Waals surface area contributed by atoms with E-state index in [0.717, 1.165) is 11.1 Å². The number of carboxylic acid groups (broad SMARTS) is 1. The number of nitrogens with zero attached hydrogens (tertiary/aromatic N) is 2. The number of carbonyl (C=O) groups excluding carboxylic acids is 2. The Kier molecular flexibility index (Phi) is 4.34. The maximum absolute atomic E-state index is 12.4. The van der Waals surface area contributed by atoms with E-state index < -0.39 is 18.2 Å². The lowest BCUT2D eigenvalue weighted by Gasteiger charge is -2.31. The summed E-state index contributed by atoms with van der Waals surface area (Å²) in [5, 5.41) is 11.6. The van der Waals surface area contributed by atoms with Gasteiger partial charge in [-0.05, 0) is 23.8 Å². The lowest BCUT2D eigenvalue weighted by atomic mass is 10.0. The summed E-state index contributed by atoms with van der Waals surface area (Å²) in [6, 6.07) is 8.10. The van der Waals surface area contributed by atoms with E-state index in [2.05, 4.69) is 10.3 Å². The molecule has 9 nitrogen and oxygen atoms in total. The van der Waals surface area contributed by atoms with Crippen LogP contribution in [0.2, 0.25) is 0 Å². The van der Waals surface area contributed by atoms with Crippen LogP contribution in [0.4, 0.5) is 10.5 Å². The molecule has 1 aromatic heterocycles. The number of anilines is 1. The molecule has 2 aliphatic rings. The minimum Gasteiger partial charge on any atom is -0.489 e. The van der Waals surface area contributed by atoms with Crippen LogP contribution in [0.5, 0.6) is 5.75 Å². The van der Waals surface area contributed by atoms with Crippen molar-refractivity contribution in [2.75, 3.05) is 18.1 Å². The lowest BCUT2D eigenvalue weighted by molar-refractivity contribution is -0.119. The number of fused-ring (bicyclic) bond motifs is 3. The van der Waals surface area contributed by atoms with Crippen molar-refractivity contribution >= 4 is 23.7 Å². The fraction of sp³-hybridized carbons (Fsp3) is 0.263. The van der Waals surface area contributed by atoms with Crippen molar-refractivity contribution in [3.8, 4) is 16.9 Å². The van der Waals surface area contributed by atoms with Gasteiger partial charge in [0.25, 0.3) is 0 Å². The van der Waals surface area contributed by atoms with Crippen molar-refractivity contribution in [1.82, 2.24) is 10.3 Å². The zero-order valence-corrected chi connectivity index (χ0v) is 14.9. The Morgan fingerprint density at radius 3 is 2.75 bits per heavy atom. The Morgan fingerprint density at radius 2 is 2.07 bits per heavy atom. The van der Waals surface area contributed by atoms with Crippen LogP contribution in [0.15, 0.2) is 36.5 Å². The van der Waals surface area contributed by atoms with E-state index in [1.54, 1.807) is 29.2 Å². The number of hydrogen-bond acceptors (Lipinski definition) is 6. The molecule has 2 N–H and O–H groups in total. The van der Waals surface area contributed by atoms with E-state index in [4.69, 9.17) is 14.6 Å². The first-order valence-electron chi connectivity index (χ1n) is 8.65. The fourth-order valence-corrected chi connectivity index (χ4v) is 3.32. The summed E-state index contributed by atoms with van der Waals surface area (Å²) in [6.45, 7) is 1.86. The second-order valence-electron chi connectivity index (χ2n) is 6.53.